The van der Waals surface area contributed by atoms with Crippen LogP contribution in [0.3, 0.4) is 0 Å². The van der Waals surface area contributed by atoms with Crippen LogP contribution in [0.5, 0.6) is 0 Å². The molecular weight excluding hydrogens is 128 g/mol. The van der Waals surface area contributed by atoms with Crippen molar-refractivity contribution >= 4 is 6.21 Å². The largest absolute Gasteiger partial charge is 0.208 e. The Labute approximate surface area is 58.9 Å². The lowest BCUT2D eigenvalue weighted by Crippen LogP contribution is -1.81. The molecule has 0 radical (unpaired) electrons. The molecule has 1 aromatic rings. The molecule has 0 saturated heterocycles. The van der Waals surface area contributed by atoms with Crippen molar-refractivity contribution in [3.8, 4) is 0 Å². The van der Waals surface area contributed by atoms with Crippen molar-refractivity contribution in [2.24, 2.45) is 5.10 Å². The first-order valence-electron chi connectivity index (χ1n) is 2.94. The van der Waals surface area contributed by atoms with Gasteiger partial charge in [0.2, 0.25) is 0 Å². The number of allylic oxidation sites excluding steroid dienone is 2. The third-order valence-corrected chi connectivity index (χ3v) is 0.885. The van der Waals surface area contributed by atoms with Crippen molar-refractivity contribution in [3.05, 3.63) is 24.8 Å². The van der Waals surface area contributed by atoms with E-state index in [0.29, 0.717) is 0 Å². The molecule has 0 bridgehead atoms. The zero-order chi connectivity index (χ0) is 7.23. The van der Waals surface area contributed by atoms with Gasteiger partial charge >= 0.3 is 0 Å². The number of hydrogen-bond acceptors (Lipinski definition) is 3. The predicted molar refractivity (Wildman–Crippen MR) is 38.7 cm³/mol. The van der Waals surface area contributed by atoms with E-state index >= 15 is 0 Å². The lowest BCUT2D eigenvalue weighted by Gasteiger charge is -1.82. The van der Waals surface area contributed by atoms with E-state index < -0.39 is 0 Å². The topological polar surface area (TPSA) is 43.1 Å². The van der Waals surface area contributed by atoms with Gasteiger partial charge in [-0.2, -0.15) is 5.10 Å². The minimum Gasteiger partial charge on any atom is -0.208 e. The molecule has 1 heterocycles. The van der Waals surface area contributed by atoms with Crippen LogP contribution in [-0.4, -0.2) is 21.1 Å². The van der Waals surface area contributed by atoms with Gasteiger partial charge in [-0.1, -0.05) is 6.08 Å². The van der Waals surface area contributed by atoms with E-state index in [2.05, 4.69) is 15.3 Å². The van der Waals surface area contributed by atoms with Crippen LogP contribution in [0.1, 0.15) is 6.92 Å². The monoisotopic (exact) mass is 136 g/mol. The molecule has 0 atom stereocenters. The van der Waals surface area contributed by atoms with E-state index in [1.165, 1.54) is 17.3 Å². The van der Waals surface area contributed by atoms with E-state index in [1.807, 2.05) is 19.1 Å². The number of hydrogen-bond donors (Lipinski definition) is 0. The molecule has 0 unspecified atom stereocenters. The van der Waals surface area contributed by atoms with Gasteiger partial charge in [0, 0.05) is 6.21 Å². The van der Waals surface area contributed by atoms with Crippen molar-refractivity contribution in [1.82, 2.24) is 14.9 Å². The molecule has 0 aromatic carbocycles. The van der Waals surface area contributed by atoms with Gasteiger partial charge in [0.1, 0.15) is 12.7 Å². The second kappa shape index (κ2) is 3.55. The molecular formula is C6H8N4. The number of aromatic nitrogens is 3. The summed E-state index contributed by atoms with van der Waals surface area (Å²) in [5.41, 5.74) is 0. The summed E-state index contributed by atoms with van der Waals surface area (Å²) < 4.78 is 1.53. The van der Waals surface area contributed by atoms with Crippen molar-refractivity contribution in [2.75, 3.05) is 0 Å². The highest BCUT2D eigenvalue weighted by atomic mass is 15.4. The SMILES string of the molecule is C/C=C/C=N\n1cnnc1. The molecule has 1 aromatic heterocycles. The first-order chi connectivity index (χ1) is 4.93. The van der Waals surface area contributed by atoms with Gasteiger partial charge in [-0.25, -0.2) is 4.68 Å². The third kappa shape index (κ3) is 1.81. The smallest absolute Gasteiger partial charge is 0.141 e. The maximum atomic E-state index is 3.94. The lowest BCUT2D eigenvalue weighted by molar-refractivity contribution is 0.879. The van der Waals surface area contributed by atoms with E-state index in [-0.39, 0.29) is 0 Å². The van der Waals surface area contributed by atoms with Crippen molar-refractivity contribution in [2.45, 2.75) is 6.92 Å². The average molecular weight is 136 g/mol. The maximum absolute atomic E-state index is 3.94. The minimum atomic E-state index is 1.53. The van der Waals surface area contributed by atoms with Crippen LogP contribution in [0.2, 0.25) is 0 Å². The maximum Gasteiger partial charge on any atom is 0.141 e. The van der Waals surface area contributed by atoms with Crippen LogP contribution < -0.4 is 0 Å². The van der Waals surface area contributed by atoms with Gasteiger partial charge in [-0.3, -0.25) is 0 Å². The second-order valence-corrected chi connectivity index (χ2v) is 1.63. The molecule has 4 heteroatoms. The molecule has 52 valence electrons. The van der Waals surface area contributed by atoms with Crippen LogP contribution in [0.4, 0.5) is 0 Å². The zero-order valence-corrected chi connectivity index (χ0v) is 5.68. The molecule has 0 saturated carbocycles. The van der Waals surface area contributed by atoms with Gasteiger partial charge in [0.15, 0.2) is 0 Å². The Balaban J connectivity index is 2.55. The van der Waals surface area contributed by atoms with Crippen LogP contribution in [-0.2, 0) is 0 Å². The molecule has 0 aliphatic heterocycles. The quantitative estimate of drug-likeness (QED) is 0.561. The summed E-state index contributed by atoms with van der Waals surface area (Å²) in [7, 11) is 0. The second-order valence-electron chi connectivity index (χ2n) is 1.63. The zero-order valence-electron chi connectivity index (χ0n) is 5.68. The van der Waals surface area contributed by atoms with E-state index in [1.54, 1.807) is 6.21 Å². The van der Waals surface area contributed by atoms with Crippen molar-refractivity contribution in [1.29, 1.82) is 0 Å². The van der Waals surface area contributed by atoms with E-state index in [0.717, 1.165) is 0 Å². The Morgan fingerprint density at radius 2 is 2.10 bits per heavy atom. The van der Waals surface area contributed by atoms with Crippen LogP contribution in [0, 0.1) is 0 Å². The summed E-state index contributed by atoms with van der Waals surface area (Å²) in [5.74, 6) is 0. The third-order valence-electron chi connectivity index (χ3n) is 0.885. The summed E-state index contributed by atoms with van der Waals surface area (Å²) in [4.78, 5) is 0. The molecule has 0 amide bonds. The lowest BCUT2D eigenvalue weighted by atomic mass is 10.6. The van der Waals surface area contributed by atoms with Crippen molar-refractivity contribution in [3.63, 3.8) is 0 Å². The van der Waals surface area contributed by atoms with Gasteiger partial charge in [-0.05, 0) is 13.0 Å². The highest BCUT2D eigenvalue weighted by Crippen LogP contribution is 1.77. The summed E-state index contributed by atoms with van der Waals surface area (Å²) in [6.07, 6.45) is 8.46. The number of rotatable bonds is 2. The van der Waals surface area contributed by atoms with Gasteiger partial charge < -0.3 is 0 Å². The highest BCUT2D eigenvalue weighted by molar-refractivity contribution is 5.70. The summed E-state index contributed by atoms with van der Waals surface area (Å²) in [5, 5.41) is 11.1. The van der Waals surface area contributed by atoms with Gasteiger partial charge in [0.25, 0.3) is 0 Å². The highest BCUT2D eigenvalue weighted by Gasteiger charge is 1.78. The van der Waals surface area contributed by atoms with Crippen LogP contribution >= 0.6 is 0 Å². The fourth-order valence-corrected chi connectivity index (χ4v) is 0.456. The normalized spacial score (nSPS) is 11.7. The first-order valence-corrected chi connectivity index (χ1v) is 2.94. The Morgan fingerprint density at radius 1 is 1.40 bits per heavy atom. The molecule has 0 aliphatic carbocycles. The van der Waals surface area contributed by atoms with E-state index in [9.17, 15) is 0 Å². The Bertz CT molecular complexity index is 222. The fraction of sp³-hybridized carbons (Fsp3) is 0.167. The molecule has 10 heavy (non-hydrogen) atoms. The van der Waals surface area contributed by atoms with Gasteiger partial charge in [-0.15, -0.1) is 10.2 Å². The average Bonchev–Trinajstić information content (AvgIpc) is 2.41. The Morgan fingerprint density at radius 3 is 2.70 bits per heavy atom. The van der Waals surface area contributed by atoms with Crippen LogP contribution in [0.15, 0.2) is 29.9 Å². The Hall–Kier alpha value is -1.45. The van der Waals surface area contributed by atoms with Gasteiger partial charge in [0.05, 0.1) is 0 Å². The molecule has 4 nitrogen and oxygen atoms in total. The predicted octanol–water partition coefficient (Wildman–Crippen LogP) is 0.688. The Kier molecular flexibility index (Phi) is 2.37. The molecule has 0 fully saturated rings. The minimum absolute atomic E-state index is 1.53. The molecule has 0 aliphatic rings. The van der Waals surface area contributed by atoms with E-state index in [4.69, 9.17) is 0 Å². The molecule has 1 rings (SSSR count). The standard InChI is InChI=1S/C6H8N4/c1-2-3-4-9-10-5-7-8-6-10/h2-6H,1H3/b3-2+,9-4-. The molecule has 0 spiro atoms. The van der Waals surface area contributed by atoms with Crippen molar-refractivity contribution < 1.29 is 0 Å². The fourth-order valence-electron chi connectivity index (χ4n) is 0.456. The summed E-state index contributed by atoms with van der Waals surface area (Å²) >= 11 is 0. The first kappa shape index (κ1) is 6.67. The van der Waals surface area contributed by atoms with Crippen LogP contribution in [0.25, 0.3) is 0 Å². The number of nitrogens with zero attached hydrogens (tertiary/aromatic N) is 4. The summed E-state index contributed by atoms with van der Waals surface area (Å²) in [6.45, 7) is 1.93. The summed E-state index contributed by atoms with van der Waals surface area (Å²) in [6, 6.07) is 0. The molecule has 0 N–H and O–H groups in total.